The summed E-state index contributed by atoms with van der Waals surface area (Å²) in [6, 6.07) is 7.71. The molecule has 0 aliphatic rings. The molecule has 0 aliphatic carbocycles. The molecule has 0 heterocycles. The number of hydrogen-bond acceptors (Lipinski definition) is 2. The number of aryl methyl sites for hydroxylation is 1. The molecule has 19 heavy (non-hydrogen) atoms. The number of aliphatic imine (C=N–C) groups is 1. The molecule has 0 spiro atoms. The predicted molar refractivity (Wildman–Crippen MR) is 77.1 cm³/mol. The van der Waals surface area contributed by atoms with Crippen molar-refractivity contribution in [3.05, 3.63) is 41.5 Å². The summed E-state index contributed by atoms with van der Waals surface area (Å²) in [5.74, 6) is -1.02. The Balaban J connectivity index is 0.000000711. The minimum absolute atomic E-state index is 0.227. The van der Waals surface area contributed by atoms with Crippen LogP contribution in [-0.2, 0) is 4.79 Å². The van der Waals surface area contributed by atoms with Crippen LogP contribution in [0.4, 0.5) is 0 Å². The van der Waals surface area contributed by atoms with Crippen molar-refractivity contribution in [3.8, 4) is 0 Å². The summed E-state index contributed by atoms with van der Waals surface area (Å²) in [6.45, 7) is 1.96. The first-order valence-corrected chi connectivity index (χ1v) is 5.29. The van der Waals surface area contributed by atoms with Crippen LogP contribution in [0.5, 0.6) is 0 Å². The van der Waals surface area contributed by atoms with Gasteiger partial charge in [0.2, 0.25) is 0 Å². The van der Waals surface area contributed by atoms with Gasteiger partial charge < -0.3 is 22.9 Å². The number of nitrogens with two attached hydrogens (primary N) is 4. The summed E-state index contributed by atoms with van der Waals surface area (Å²) < 4.78 is 0. The van der Waals surface area contributed by atoms with E-state index in [1.54, 1.807) is 6.08 Å². The fourth-order valence-corrected chi connectivity index (χ4v) is 1.10. The molecule has 1 rings (SSSR count). The van der Waals surface area contributed by atoms with Crippen molar-refractivity contribution in [2.75, 3.05) is 0 Å². The lowest BCUT2D eigenvalue weighted by Crippen LogP contribution is -2.23. The molecule has 1 amide bonds. The highest BCUT2D eigenvalue weighted by atomic mass is 16.1. The molecule has 0 saturated carbocycles. The fraction of sp³-hybridized carbons (Fsp3) is 0.0833. The molecule has 0 unspecified atom stereocenters. The molecule has 0 aromatic heterocycles. The number of rotatable bonds is 2. The zero-order chi connectivity index (χ0) is 14.8. The third kappa shape index (κ3) is 8.93. The third-order valence-electron chi connectivity index (χ3n) is 1.83. The summed E-state index contributed by atoms with van der Waals surface area (Å²) in [4.78, 5) is 14.5. The van der Waals surface area contributed by atoms with E-state index in [2.05, 4.69) is 16.5 Å². The van der Waals surface area contributed by atoms with Gasteiger partial charge in [-0.3, -0.25) is 10.2 Å². The zero-order valence-electron chi connectivity index (χ0n) is 10.6. The van der Waals surface area contributed by atoms with Crippen LogP contribution in [0.15, 0.2) is 35.3 Å². The first-order valence-electron chi connectivity index (χ1n) is 5.29. The average Bonchev–Trinajstić information content (AvgIpc) is 2.26. The summed E-state index contributed by atoms with van der Waals surface area (Å²) in [5, 5.41) is 6.06. The number of amides is 1. The normalized spacial score (nSPS) is 9.32. The monoisotopic (exact) mass is 262 g/mol. The first-order chi connectivity index (χ1) is 8.82. The van der Waals surface area contributed by atoms with E-state index < -0.39 is 5.91 Å². The van der Waals surface area contributed by atoms with Gasteiger partial charge in [0, 0.05) is 6.08 Å². The fourth-order valence-electron chi connectivity index (χ4n) is 1.10. The number of nitrogens with zero attached hydrogens (tertiary/aromatic N) is 1. The minimum atomic E-state index is -0.460. The highest BCUT2D eigenvalue weighted by Crippen LogP contribution is 2.08. The van der Waals surface area contributed by atoms with Gasteiger partial charge in [0.25, 0.3) is 5.91 Å². The van der Waals surface area contributed by atoms with Gasteiger partial charge in [-0.2, -0.15) is 4.99 Å². The standard InChI is InChI=1S/C11H13N3O.CH5N3/c1-8-4-2-3-5-9(8)6-7-10(15)14-11(12)13;2-1(3)4/h2-7H,1H3,(H4,12,13,14,15);(H5,2,3,4). The molecule has 0 radical (unpaired) electrons. The van der Waals surface area contributed by atoms with E-state index in [9.17, 15) is 4.79 Å². The van der Waals surface area contributed by atoms with Crippen molar-refractivity contribution < 1.29 is 4.79 Å². The Labute approximate surface area is 111 Å². The van der Waals surface area contributed by atoms with E-state index in [4.69, 9.17) is 16.9 Å². The van der Waals surface area contributed by atoms with Gasteiger partial charge in [0.05, 0.1) is 0 Å². The predicted octanol–water partition coefficient (Wildman–Crippen LogP) is -0.353. The molecule has 7 nitrogen and oxygen atoms in total. The molecule has 1 aromatic rings. The largest absolute Gasteiger partial charge is 0.370 e. The van der Waals surface area contributed by atoms with Crippen LogP contribution in [0.1, 0.15) is 11.1 Å². The van der Waals surface area contributed by atoms with Gasteiger partial charge in [-0.1, -0.05) is 24.3 Å². The molecule has 7 heteroatoms. The van der Waals surface area contributed by atoms with E-state index in [-0.39, 0.29) is 11.9 Å². The highest BCUT2D eigenvalue weighted by molar-refractivity contribution is 5.99. The Morgan fingerprint density at radius 3 is 2.21 bits per heavy atom. The summed E-state index contributed by atoms with van der Waals surface area (Å²) in [6.07, 6.45) is 3.02. The molecule has 0 bridgehead atoms. The number of benzene rings is 1. The number of hydrogen-bond donors (Lipinski definition) is 5. The number of carbonyl (C=O) groups is 1. The molecule has 9 N–H and O–H groups in total. The maximum Gasteiger partial charge on any atom is 0.272 e. The van der Waals surface area contributed by atoms with Gasteiger partial charge in [-0.15, -0.1) is 0 Å². The second-order valence-electron chi connectivity index (χ2n) is 3.52. The van der Waals surface area contributed by atoms with E-state index in [0.717, 1.165) is 11.1 Å². The quantitative estimate of drug-likeness (QED) is 0.279. The number of guanidine groups is 2. The lowest BCUT2D eigenvalue weighted by atomic mass is 10.1. The van der Waals surface area contributed by atoms with Crippen molar-refractivity contribution in [1.29, 1.82) is 5.41 Å². The van der Waals surface area contributed by atoms with Crippen LogP contribution >= 0.6 is 0 Å². The second-order valence-corrected chi connectivity index (χ2v) is 3.52. The number of nitrogens with one attached hydrogen (secondary N) is 1. The summed E-state index contributed by atoms with van der Waals surface area (Å²) >= 11 is 0. The average molecular weight is 262 g/mol. The maximum absolute atomic E-state index is 11.1. The van der Waals surface area contributed by atoms with Gasteiger partial charge in [0.15, 0.2) is 11.9 Å². The first kappa shape index (κ1) is 16.2. The van der Waals surface area contributed by atoms with Crippen LogP contribution in [-0.4, -0.2) is 17.8 Å². The van der Waals surface area contributed by atoms with Gasteiger partial charge >= 0.3 is 0 Å². The van der Waals surface area contributed by atoms with Crippen molar-refractivity contribution in [2.45, 2.75) is 6.92 Å². The molecule has 102 valence electrons. The van der Waals surface area contributed by atoms with Crippen LogP contribution in [0.2, 0.25) is 0 Å². The summed E-state index contributed by atoms with van der Waals surface area (Å²) in [5.41, 5.74) is 21.1. The van der Waals surface area contributed by atoms with Crippen molar-refractivity contribution in [3.63, 3.8) is 0 Å². The van der Waals surface area contributed by atoms with E-state index in [1.165, 1.54) is 6.08 Å². The third-order valence-corrected chi connectivity index (χ3v) is 1.83. The molecule has 1 aromatic carbocycles. The lowest BCUT2D eigenvalue weighted by Gasteiger charge is -1.97. The van der Waals surface area contributed by atoms with E-state index in [1.807, 2.05) is 31.2 Å². The topological polar surface area (TPSA) is 157 Å². The highest BCUT2D eigenvalue weighted by Gasteiger charge is 1.94. The Morgan fingerprint density at radius 1 is 1.21 bits per heavy atom. The minimum Gasteiger partial charge on any atom is -0.370 e. The Morgan fingerprint density at radius 2 is 1.74 bits per heavy atom. The van der Waals surface area contributed by atoms with Gasteiger partial charge in [-0.05, 0) is 24.1 Å². The van der Waals surface area contributed by atoms with Crippen LogP contribution in [0, 0.1) is 12.3 Å². The van der Waals surface area contributed by atoms with Crippen molar-refractivity contribution in [2.24, 2.45) is 27.9 Å². The van der Waals surface area contributed by atoms with Crippen LogP contribution < -0.4 is 22.9 Å². The van der Waals surface area contributed by atoms with Gasteiger partial charge in [0.1, 0.15) is 0 Å². The molecule has 0 saturated heterocycles. The molecule has 0 fully saturated rings. The van der Waals surface area contributed by atoms with Crippen molar-refractivity contribution in [1.82, 2.24) is 0 Å². The Bertz CT molecular complexity index is 499. The molecular formula is C12H18N6O. The lowest BCUT2D eigenvalue weighted by molar-refractivity contribution is -0.113. The van der Waals surface area contributed by atoms with Gasteiger partial charge in [-0.25, -0.2) is 0 Å². The maximum atomic E-state index is 11.1. The second kappa shape index (κ2) is 8.29. The van der Waals surface area contributed by atoms with E-state index in [0.29, 0.717) is 0 Å². The smallest absolute Gasteiger partial charge is 0.272 e. The van der Waals surface area contributed by atoms with E-state index >= 15 is 0 Å². The Kier molecular flexibility index (Phi) is 7.05. The van der Waals surface area contributed by atoms with Crippen LogP contribution in [0.25, 0.3) is 6.08 Å². The number of carbonyl (C=O) groups excluding carboxylic acids is 1. The Hall–Kier alpha value is -2.83. The van der Waals surface area contributed by atoms with Crippen molar-refractivity contribution >= 4 is 23.9 Å². The molecule has 0 atom stereocenters. The summed E-state index contributed by atoms with van der Waals surface area (Å²) in [7, 11) is 0. The molecule has 0 aliphatic heterocycles. The van der Waals surface area contributed by atoms with Crippen LogP contribution in [0.3, 0.4) is 0 Å². The SMILES string of the molecule is Cc1ccccc1C=CC(=O)N=C(N)N.N=C(N)N. The zero-order valence-corrected chi connectivity index (χ0v) is 10.6. The molecular weight excluding hydrogens is 244 g/mol.